The smallest absolute Gasteiger partial charge is 0.124 e. The van der Waals surface area contributed by atoms with E-state index in [1.54, 1.807) is 0 Å². The van der Waals surface area contributed by atoms with Gasteiger partial charge in [0.15, 0.2) is 0 Å². The Labute approximate surface area is 126 Å². The lowest BCUT2D eigenvalue weighted by Crippen LogP contribution is -2.06. The van der Waals surface area contributed by atoms with Crippen molar-refractivity contribution in [1.82, 2.24) is 0 Å². The number of ether oxygens (including phenoxy) is 2. The van der Waals surface area contributed by atoms with Crippen molar-refractivity contribution in [2.75, 3.05) is 18.9 Å². The van der Waals surface area contributed by atoms with Gasteiger partial charge in [0, 0.05) is 18.2 Å². The van der Waals surface area contributed by atoms with Gasteiger partial charge in [-0.2, -0.15) is 0 Å². The van der Waals surface area contributed by atoms with Crippen LogP contribution in [-0.4, -0.2) is 13.2 Å². The van der Waals surface area contributed by atoms with Crippen LogP contribution in [0, 0.1) is 20.8 Å². The van der Waals surface area contributed by atoms with Gasteiger partial charge in [-0.15, -0.1) is 0 Å². The highest BCUT2D eigenvalue weighted by molar-refractivity contribution is 5.47. The summed E-state index contributed by atoms with van der Waals surface area (Å²) >= 11 is 0. The van der Waals surface area contributed by atoms with Gasteiger partial charge in [0.25, 0.3) is 0 Å². The van der Waals surface area contributed by atoms with Crippen LogP contribution in [-0.2, 0) is 0 Å². The van der Waals surface area contributed by atoms with E-state index in [1.165, 1.54) is 11.1 Å². The zero-order chi connectivity index (χ0) is 15.2. The number of aryl methyl sites for hydroxylation is 3. The van der Waals surface area contributed by atoms with Crippen LogP contribution < -0.4 is 15.2 Å². The number of rotatable bonds is 6. The zero-order valence-corrected chi connectivity index (χ0v) is 13.0. The fourth-order valence-corrected chi connectivity index (χ4v) is 2.16. The van der Waals surface area contributed by atoms with Gasteiger partial charge in [0.2, 0.25) is 0 Å². The van der Waals surface area contributed by atoms with E-state index in [-0.39, 0.29) is 0 Å². The van der Waals surface area contributed by atoms with Crippen LogP contribution in [0.4, 0.5) is 5.69 Å². The number of hydrogen-bond acceptors (Lipinski definition) is 3. The predicted octanol–water partition coefficient (Wildman–Crippen LogP) is 4.04. The highest BCUT2D eigenvalue weighted by Gasteiger charge is 2.02. The molecule has 3 heteroatoms. The molecule has 0 bridgehead atoms. The Morgan fingerprint density at radius 3 is 2.24 bits per heavy atom. The summed E-state index contributed by atoms with van der Waals surface area (Å²) in [5.74, 6) is 1.79. The SMILES string of the molecule is Cc1ccc(OCCCOc2cc(N)ccc2C)c(C)c1. The number of anilines is 1. The van der Waals surface area contributed by atoms with Crippen molar-refractivity contribution in [2.24, 2.45) is 0 Å². The number of benzene rings is 2. The molecule has 0 spiro atoms. The van der Waals surface area contributed by atoms with Gasteiger partial charge in [-0.3, -0.25) is 0 Å². The molecular weight excluding hydrogens is 262 g/mol. The van der Waals surface area contributed by atoms with Crippen molar-refractivity contribution < 1.29 is 9.47 Å². The maximum atomic E-state index is 5.78. The number of hydrogen-bond donors (Lipinski definition) is 1. The highest BCUT2D eigenvalue weighted by atomic mass is 16.5. The van der Waals surface area contributed by atoms with Crippen LogP contribution in [0.1, 0.15) is 23.1 Å². The van der Waals surface area contributed by atoms with E-state index >= 15 is 0 Å². The van der Waals surface area contributed by atoms with E-state index in [9.17, 15) is 0 Å². The van der Waals surface area contributed by atoms with E-state index in [2.05, 4.69) is 26.0 Å². The first-order chi connectivity index (χ1) is 10.1. The summed E-state index contributed by atoms with van der Waals surface area (Å²) in [4.78, 5) is 0. The summed E-state index contributed by atoms with van der Waals surface area (Å²) in [6.45, 7) is 7.43. The molecule has 0 radical (unpaired) electrons. The molecule has 2 N–H and O–H groups in total. The minimum Gasteiger partial charge on any atom is -0.493 e. The van der Waals surface area contributed by atoms with Crippen molar-refractivity contribution in [2.45, 2.75) is 27.2 Å². The third-order valence-electron chi connectivity index (χ3n) is 3.35. The lowest BCUT2D eigenvalue weighted by atomic mass is 10.1. The Kier molecular flexibility index (Phi) is 5.09. The van der Waals surface area contributed by atoms with E-state index in [0.717, 1.165) is 29.2 Å². The van der Waals surface area contributed by atoms with Crippen molar-refractivity contribution in [3.8, 4) is 11.5 Å². The van der Waals surface area contributed by atoms with E-state index in [1.807, 2.05) is 31.2 Å². The lowest BCUT2D eigenvalue weighted by molar-refractivity contribution is 0.246. The lowest BCUT2D eigenvalue weighted by Gasteiger charge is -2.12. The topological polar surface area (TPSA) is 44.5 Å². The molecule has 2 aromatic rings. The van der Waals surface area contributed by atoms with Gasteiger partial charge < -0.3 is 15.2 Å². The molecule has 21 heavy (non-hydrogen) atoms. The van der Waals surface area contributed by atoms with E-state index in [4.69, 9.17) is 15.2 Å². The van der Waals surface area contributed by atoms with Gasteiger partial charge in [-0.25, -0.2) is 0 Å². The third kappa shape index (κ3) is 4.42. The van der Waals surface area contributed by atoms with Crippen LogP contribution >= 0.6 is 0 Å². The summed E-state index contributed by atoms with van der Waals surface area (Å²) in [7, 11) is 0. The molecule has 0 aliphatic carbocycles. The summed E-state index contributed by atoms with van der Waals surface area (Å²) in [6.07, 6.45) is 0.835. The average molecular weight is 285 g/mol. The first-order valence-corrected chi connectivity index (χ1v) is 7.25. The molecule has 2 aromatic carbocycles. The second-order valence-corrected chi connectivity index (χ2v) is 5.34. The molecule has 2 rings (SSSR count). The Bertz CT molecular complexity index is 608. The van der Waals surface area contributed by atoms with E-state index < -0.39 is 0 Å². The second-order valence-electron chi connectivity index (χ2n) is 5.34. The summed E-state index contributed by atoms with van der Waals surface area (Å²) in [5.41, 5.74) is 10.00. The molecule has 3 nitrogen and oxygen atoms in total. The van der Waals surface area contributed by atoms with Crippen LogP contribution in [0.3, 0.4) is 0 Å². The first kappa shape index (κ1) is 15.2. The summed E-state index contributed by atoms with van der Waals surface area (Å²) in [5, 5.41) is 0. The minimum atomic E-state index is 0.620. The fourth-order valence-electron chi connectivity index (χ4n) is 2.16. The average Bonchev–Trinajstić information content (AvgIpc) is 2.44. The minimum absolute atomic E-state index is 0.620. The zero-order valence-electron chi connectivity index (χ0n) is 13.0. The standard InChI is InChI=1S/C18H23NO2/c1-13-5-8-17(15(3)11-13)20-9-4-10-21-18-12-16(19)7-6-14(18)2/h5-8,11-12H,4,9-10,19H2,1-3H3. The predicted molar refractivity (Wildman–Crippen MR) is 87.1 cm³/mol. The van der Waals surface area contributed by atoms with Crippen molar-refractivity contribution in [1.29, 1.82) is 0 Å². The van der Waals surface area contributed by atoms with Gasteiger partial charge in [-0.05, 0) is 44.0 Å². The molecule has 0 aromatic heterocycles. The summed E-state index contributed by atoms with van der Waals surface area (Å²) < 4.78 is 11.5. The molecule has 0 atom stereocenters. The quantitative estimate of drug-likeness (QED) is 0.643. The van der Waals surface area contributed by atoms with Crippen molar-refractivity contribution in [3.63, 3.8) is 0 Å². The highest BCUT2D eigenvalue weighted by Crippen LogP contribution is 2.21. The van der Waals surface area contributed by atoms with E-state index in [0.29, 0.717) is 13.2 Å². The first-order valence-electron chi connectivity index (χ1n) is 7.25. The third-order valence-corrected chi connectivity index (χ3v) is 3.35. The molecular formula is C18H23NO2. The Hall–Kier alpha value is -2.16. The summed E-state index contributed by atoms with van der Waals surface area (Å²) in [6, 6.07) is 11.9. The molecule has 0 saturated heterocycles. The fraction of sp³-hybridized carbons (Fsp3) is 0.333. The van der Waals surface area contributed by atoms with Gasteiger partial charge in [0.05, 0.1) is 13.2 Å². The van der Waals surface area contributed by atoms with Crippen molar-refractivity contribution >= 4 is 5.69 Å². The maximum absolute atomic E-state index is 5.78. The second kappa shape index (κ2) is 7.02. The molecule has 0 aliphatic rings. The molecule has 0 unspecified atom stereocenters. The van der Waals surface area contributed by atoms with Crippen LogP contribution in [0.5, 0.6) is 11.5 Å². The Morgan fingerprint density at radius 1 is 0.810 bits per heavy atom. The molecule has 0 heterocycles. The Balaban J connectivity index is 1.76. The van der Waals surface area contributed by atoms with Crippen LogP contribution in [0.2, 0.25) is 0 Å². The molecule has 112 valence electrons. The normalized spacial score (nSPS) is 10.4. The van der Waals surface area contributed by atoms with Crippen LogP contribution in [0.25, 0.3) is 0 Å². The van der Waals surface area contributed by atoms with Crippen LogP contribution in [0.15, 0.2) is 36.4 Å². The largest absolute Gasteiger partial charge is 0.493 e. The molecule has 0 fully saturated rings. The number of nitrogen functional groups attached to an aromatic ring is 1. The molecule has 0 amide bonds. The molecule has 0 saturated carbocycles. The molecule has 0 aliphatic heterocycles. The monoisotopic (exact) mass is 285 g/mol. The van der Waals surface area contributed by atoms with Gasteiger partial charge >= 0.3 is 0 Å². The van der Waals surface area contributed by atoms with Crippen molar-refractivity contribution in [3.05, 3.63) is 53.1 Å². The maximum Gasteiger partial charge on any atom is 0.124 e. The van der Waals surface area contributed by atoms with Gasteiger partial charge in [0.1, 0.15) is 11.5 Å². The Morgan fingerprint density at radius 2 is 1.52 bits per heavy atom. The number of nitrogens with two attached hydrogens (primary N) is 1. The van der Waals surface area contributed by atoms with Gasteiger partial charge in [-0.1, -0.05) is 23.8 Å².